The van der Waals surface area contributed by atoms with Crippen molar-refractivity contribution in [2.24, 2.45) is 4.99 Å². The monoisotopic (exact) mass is 366 g/mol. The van der Waals surface area contributed by atoms with Gasteiger partial charge >= 0.3 is 0 Å². The molecule has 3 aromatic heterocycles. The number of aromatic nitrogens is 2. The Labute approximate surface area is 152 Å². The van der Waals surface area contributed by atoms with Crippen molar-refractivity contribution in [3.63, 3.8) is 0 Å². The number of hydrogen-bond donors (Lipinski definition) is 0. The molecule has 3 heterocycles. The third-order valence-corrected chi connectivity index (χ3v) is 3.95. The van der Waals surface area contributed by atoms with Gasteiger partial charge in [0, 0.05) is 24.5 Å². The number of hydrogen-bond acceptors (Lipinski definition) is 5. The lowest BCUT2D eigenvalue weighted by Gasteiger charge is -1.99. The Morgan fingerprint density at radius 2 is 2.12 bits per heavy atom. The molecule has 4 rings (SSSR count). The van der Waals surface area contributed by atoms with Crippen LogP contribution in [0.3, 0.4) is 0 Å². The second-order valence-corrected chi connectivity index (χ2v) is 5.88. The third-order valence-electron chi connectivity index (χ3n) is 3.73. The Morgan fingerprint density at radius 1 is 1.23 bits per heavy atom. The predicted octanol–water partition coefficient (Wildman–Crippen LogP) is 4.91. The summed E-state index contributed by atoms with van der Waals surface area (Å²) in [6.45, 7) is 0. The van der Waals surface area contributed by atoms with E-state index in [1.54, 1.807) is 59.5 Å². The van der Waals surface area contributed by atoms with Crippen molar-refractivity contribution < 1.29 is 9.34 Å². The van der Waals surface area contributed by atoms with Gasteiger partial charge in [-0.3, -0.25) is 14.5 Å². The topological polar surface area (TPSA) is 85.9 Å². The molecule has 0 amide bonds. The fraction of sp³-hybridized carbons (Fsp3) is 0. The van der Waals surface area contributed by atoms with Gasteiger partial charge in [-0.1, -0.05) is 23.7 Å². The van der Waals surface area contributed by atoms with Gasteiger partial charge < -0.3 is 4.42 Å². The molecule has 128 valence electrons. The van der Waals surface area contributed by atoms with Crippen molar-refractivity contribution in [3.8, 4) is 11.5 Å². The van der Waals surface area contributed by atoms with Crippen LogP contribution in [-0.4, -0.2) is 20.5 Å². The van der Waals surface area contributed by atoms with Gasteiger partial charge in [0.1, 0.15) is 5.65 Å². The summed E-state index contributed by atoms with van der Waals surface area (Å²) in [7, 11) is 0. The summed E-state index contributed by atoms with van der Waals surface area (Å²) >= 11 is 6.10. The molecule has 0 bridgehead atoms. The molecule has 0 fully saturated rings. The van der Waals surface area contributed by atoms with E-state index in [-0.39, 0.29) is 5.69 Å². The SMILES string of the molecule is O=[N+]([O-])c1cccc(C=Nc2c(-c3ccco3)nc3ccc(Cl)cn23)c1. The maximum Gasteiger partial charge on any atom is 0.270 e. The van der Waals surface area contributed by atoms with Crippen LogP contribution < -0.4 is 0 Å². The van der Waals surface area contributed by atoms with Gasteiger partial charge in [-0.2, -0.15) is 0 Å². The largest absolute Gasteiger partial charge is 0.463 e. The van der Waals surface area contributed by atoms with E-state index in [9.17, 15) is 10.1 Å². The minimum Gasteiger partial charge on any atom is -0.463 e. The van der Waals surface area contributed by atoms with Crippen molar-refractivity contribution in [1.29, 1.82) is 0 Å². The first-order chi connectivity index (χ1) is 12.6. The van der Waals surface area contributed by atoms with E-state index in [4.69, 9.17) is 16.0 Å². The molecule has 26 heavy (non-hydrogen) atoms. The van der Waals surface area contributed by atoms with Gasteiger partial charge in [-0.15, -0.1) is 0 Å². The molecule has 0 saturated carbocycles. The molecule has 4 aromatic rings. The van der Waals surface area contributed by atoms with Gasteiger partial charge in [-0.05, 0) is 29.8 Å². The number of aliphatic imine (C=N–C) groups is 1. The van der Waals surface area contributed by atoms with Crippen LogP contribution in [-0.2, 0) is 0 Å². The molecule has 0 atom stereocenters. The average molecular weight is 367 g/mol. The van der Waals surface area contributed by atoms with E-state index < -0.39 is 4.92 Å². The zero-order valence-corrected chi connectivity index (χ0v) is 14.0. The number of nitro groups is 1. The molecule has 1 aromatic carbocycles. The van der Waals surface area contributed by atoms with Crippen molar-refractivity contribution in [3.05, 3.63) is 81.7 Å². The standard InChI is InChI=1S/C18H11ClN4O3/c19-13-6-7-16-21-17(15-5-2-8-26-15)18(22(16)11-13)20-10-12-3-1-4-14(9-12)23(24)25/h1-11H. The average Bonchev–Trinajstić information content (AvgIpc) is 3.27. The molecule has 0 N–H and O–H groups in total. The maximum absolute atomic E-state index is 10.9. The quantitative estimate of drug-likeness (QED) is 0.292. The maximum atomic E-state index is 10.9. The van der Waals surface area contributed by atoms with E-state index in [0.29, 0.717) is 33.5 Å². The lowest BCUT2D eigenvalue weighted by atomic mass is 10.2. The Morgan fingerprint density at radius 3 is 2.88 bits per heavy atom. The Kier molecular flexibility index (Phi) is 3.98. The van der Waals surface area contributed by atoms with E-state index >= 15 is 0 Å². The molecule has 0 unspecified atom stereocenters. The van der Waals surface area contributed by atoms with Crippen LogP contribution in [0.4, 0.5) is 11.5 Å². The second-order valence-electron chi connectivity index (χ2n) is 5.45. The summed E-state index contributed by atoms with van der Waals surface area (Å²) in [5, 5.41) is 11.5. The van der Waals surface area contributed by atoms with E-state index in [1.165, 1.54) is 12.1 Å². The number of imidazole rings is 1. The smallest absolute Gasteiger partial charge is 0.270 e. The number of nitro benzene ring substituents is 1. The van der Waals surface area contributed by atoms with Crippen LogP contribution in [0.1, 0.15) is 5.56 Å². The molecule has 0 radical (unpaired) electrons. The highest BCUT2D eigenvalue weighted by Gasteiger charge is 2.16. The fourth-order valence-electron chi connectivity index (χ4n) is 2.56. The number of non-ortho nitro benzene ring substituents is 1. The van der Waals surface area contributed by atoms with Crippen LogP contribution >= 0.6 is 11.6 Å². The van der Waals surface area contributed by atoms with Crippen LogP contribution in [0.15, 0.2) is 70.4 Å². The molecule has 0 aliphatic carbocycles. The Bertz CT molecular complexity index is 1130. The number of nitrogens with zero attached hydrogens (tertiary/aromatic N) is 4. The van der Waals surface area contributed by atoms with Crippen molar-refractivity contribution in [1.82, 2.24) is 9.38 Å². The lowest BCUT2D eigenvalue weighted by Crippen LogP contribution is -1.90. The minimum atomic E-state index is -0.445. The molecular weight excluding hydrogens is 356 g/mol. The number of halogens is 1. The summed E-state index contributed by atoms with van der Waals surface area (Å²) in [5.74, 6) is 1.08. The summed E-state index contributed by atoms with van der Waals surface area (Å²) in [6.07, 6.45) is 4.81. The van der Waals surface area contributed by atoms with E-state index in [0.717, 1.165) is 0 Å². The van der Waals surface area contributed by atoms with Crippen LogP contribution in [0.2, 0.25) is 5.02 Å². The van der Waals surface area contributed by atoms with E-state index in [2.05, 4.69) is 9.98 Å². The Hall–Kier alpha value is -3.45. The van der Waals surface area contributed by atoms with Gasteiger partial charge in [0.25, 0.3) is 5.69 Å². The summed E-state index contributed by atoms with van der Waals surface area (Å²) in [5.41, 5.74) is 1.81. The van der Waals surface area contributed by atoms with Crippen molar-refractivity contribution in [2.45, 2.75) is 0 Å². The molecule has 0 saturated heterocycles. The fourth-order valence-corrected chi connectivity index (χ4v) is 2.72. The second kappa shape index (κ2) is 6.45. The van der Waals surface area contributed by atoms with Crippen molar-refractivity contribution >= 4 is 35.0 Å². The molecule has 0 spiro atoms. The highest BCUT2D eigenvalue weighted by atomic mass is 35.5. The number of benzene rings is 1. The first-order valence-electron chi connectivity index (χ1n) is 7.62. The normalized spacial score (nSPS) is 11.4. The van der Waals surface area contributed by atoms with Gasteiger partial charge in [0.15, 0.2) is 17.3 Å². The predicted molar refractivity (Wildman–Crippen MR) is 98.3 cm³/mol. The van der Waals surface area contributed by atoms with Crippen LogP contribution in [0, 0.1) is 10.1 Å². The first-order valence-corrected chi connectivity index (χ1v) is 7.99. The molecule has 0 aliphatic rings. The van der Waals surface area contributed by atoms with Gasteiger partial charge in [0.2, 0.25) is 0 Å². The van der Waals surface area contributed by atoms with E-state index in [1.807, 2.05) is 0 Å². The summed E-state index contributed by atoms with van der Waals surface area (Å²) in [4.78, 5) is 19.5. The van der Waals surface area contributed by atoms with Gasteiger partial charge in [-0.25, -0.2) is 9.98 Å². The molecular formula is C18H11ClN4O3. The number of fused-ring (bicyclic) bond motifs is 1. The third kappa shape index (κ3) is 2.96. The first kappa shape index (κ1) is 16.0. The van der Waals surface area contributed by atoms with Crippen LogP contribution in [0.25, 0.3) is 17.1 Å². The van der Waals surface area contributed by atoms with Gasteiger partial charge in [0.05, 0.1) is 16.2 Å². The number of pyridine rings is 1. The molecule has 0 aliphatic heterocycles. The number of furan rings is 1. The minimum absolute atomic E-state index is 0.00129. The highest BCUT2D eigenvalue weighted by molar-refractivity contribution is 6.30. The van der Waals surface area contributed by atoms with Crippen molar-refractivity contribution in [2.75, 3.05) is 0 Å². The summed E-state index contributed by atoms with van der Waals surface area (Å²) in [6, 6.07) is 13.3. The zero-order valence-electron chi connectivity index (χ0n) is 13.2. The molecule has 7 nitrogen and oxygen atoms in total. The highest BCUT2D eigenvalue weighted by Crippen LogP contribution is 2.32. The molecule has 8 heteroatoms. The Balaban J connectivity index is 1.84. The number of rotatable bonds is 4. The zero-order chi connectivity index (χ0) is 18.1. The summed E-state index contributed by atoms with van der Waals surface area (Å²) < 4.78 is 7.19. The lowest BCUT2D eigenvalue weighted by molar-refractivity contribution is -0.384. The van der Waals surface area contributed by atoms with Crippen LogP contribution in [0.5, 0.6) is 0 Å².